The zero-order valence-electron chi connectivity index (χ0n) is 10.7. The van der Waals surface area contributed by atoms with Gasteiger partial charge in [0.25, 0.3) is 0 Å². The summed E-state index contributed by atoms with van der Waals surface area (Å²) >= 11 is 0. The van der Waals surface area contributed by atoms with E-state index >= 15 is 0 Å². The molecular weight excluding hydrogens is 296 g/mol. The van der Waals surface area contributed by atoms with Crippen molar-refractivity contribution in [3.8, 4) is 0 Å². The molecule has 0 spiro atoms. The van der Waals surface area contributed by atoms with E-state index in [1.54, 1.807) is 0 Å². The zero-order chi connectivity index (χ0) is 14.0. The van der Waals surface area contributed by atoms with E-state index in [2.05, 4.69) is 5.32 Å². The highest BCUT2D eigenvalue weighted by Crippen LogP contribution is 2.37. The van der Waals surface area contributed by atoms with Gasteiger partial charge in [0.15, 0.2) is 0 Å². The number of halogens is 5. The lowest BCUT2D eigenvalue weighted by atomic mass is 9.84. The van der Waals surface area contributed by atoms with Crippen LogP contribution in [0.5, 0.6) is 0 Å². The Kier molecular flexibility index (Phi) is 5.79. The Morgan fingerprint density at radius 2 is 1.80 bits per heavy atom. The minimum atomic E-state index is -4.58. The highest BCUT2D eigenvalue weighted by Gasteiger charge is 2.36. The molecule has 7 heteroatoms. The first kappa shape index (κ1) is 17.2. The number of nitrogens with one attached hydrogen (secondary N) is 1. The van der Waals surface area contributed by atoms with Gasteiger partial charge < -0.3 is 11.1 Å². The molecule has 0 aliphatic carbocycles. The summed E-state index contributed by atoms with van der Waals surface area (Å²) in [5.74, 6) is -0.901. The minimum absolute atomic E-state index is 0. The molecule has 0 radical (unpaired) electrons. The van der Waals surface area contributed by atoms with Crippen LogP contribution >= 0.6 is 12.4 Å². The molecule has 0 aromatic heterocycles. The highest BCUT2D eigenvalue weighted by atomic mass is 35.5. The third-order valence-corrected chi connectivity index (χ3v) is 3.57. The standard InChI is InChI=1S/C13H16F4N2.ClH/c14-9-1-2-10(11(7-9)13(15,16)17)12(18)8-3-5-19-6-4-8;/h1-2,7-8,12,19H,3-6,18H2;1H/t12-;/m1./s1. The summed E-state index contributed by atoms with van der Waals surface area (Å²) in [6.07, 6.45) is -3.12. The molecule has 114 valence electrons. The molecule has 0 bridgehead atoms. The Morgan fingerprint density at radius 1 is 1.20 bits per heavy atom. The molecule has 1 fully saturated rings. The number of hydrogen-bond donors (Lipinski definition) is 2. The topological polar surface area (TPSA) is 38.0 Å². The van der Waals surface area contributed by atoms with Gasteiger partial charge in [-0.15, -0.1) is 12.4 Å². The average molecular weight is 313 g/mol. The molecule has 1 heterocycles. The van der Waals surface area contributed by atoms with Gasteiger partial charge in [-0.25, -0.2) is 4.39 Å². The second kappa shape index (κ2) is 6.74. The van der Waals surface area contributed by atoms with Gasteiger partial charge in [-0.3, -0.25) is 0 Å². The Balaban J connectivity index is 0.00000200. The first-order chi connectivity index (χ1) is 8.89. The molecule has 0 saturated carbocycles. The lowest BCUT2D eigenvalue weighted by molar-refractivity contribution is -0.138. The highest BCUT2D eigenvalue weighted by molar-refractivity contribution is 5.85. The molecule has 1 aliphatic heterocycles. The fraction of sp³-hybridized carbons (Fsp3) is 0.538. The van der Waals surface area contributed by atoms with Crippen LogP contribution < -0.4 is 11.1 Å². The fourth-order valence-corrected chi connectivity index (χ4v) is 2.52. The predicted molar refractivity (Wildman–Crippen MR) is 71.2 cm³/mol. The van der Waals surface area contributed by atoms with Crippen LogP contribution in [0, 0.1) is 11.7 Å². The lowest BCUT2D eigenvalue weighted by Crippen LogP contribution is -2.34. The SMILES string of the molecule is Cl.N[C@@H](c1ccc(F)cc1C(F)(F)F)C1CCNCC1. The van der Waals surface area contributed by atoms with Crippen molar-refractivity contribution in [2.24, 2.45) is 11.7 Å². The van der Waals surface area contributed by atoms with Gasteiger partial charge in [-0.1, -0.05) is 6.07 Å². The van der Waals surface area contributed by atoms with E-state index in [-0.39, 0.29) is 23.9 Å². The average Bonchev–Trinajstić information content (AvgIpc) is 2.38. The summed E-state index contributed by atoms with van der Waals surface area (Å²) in [6, 6.07) is 2.01. The van der Waals surface area contributed by atoms with Crippen molar-refractivity contribution < 1.29 is 17.6 Å². The maximum atomic E-state index is 13.0. The van der Waals surface area contributed by atoms with E-state index in [0.29, 0.717) is 6.07 Å². The molecule has 1 aromatic rings. The molecule has 2 rings (SSSR count). The first-order valence-electron chi connectivity index (χ1n) is 6.22. The van der Waals surface area contributed by atoms with E-state index in [9.17, 15) is 17.6 Å². The fourth-order valence-electron chi connectivity index (χ4n) is 2.52. The Morgan fingerprint density at radius 3 is 2.35 bits per heavy atom. The van der Waals surface area contributed by atoms with Gasteiger partial charge in [0.05, 0.1) is 5.56 Å². The van der Waals surface area contributed by atoms with Crippen molar-refractivity contribution >= 4 is 12.4 Å². The van der Waals surface area contributed by atoms with Gasteiger partial charge in [0.1, 0.15) is 5.82 Å². The monoisotopic (exact) mass is 312 g/mol. The van der Waals surface area contributed by atoms with Gasteiger partial charge in [-0.2, -0.15) is 13.2 Å². The number of benzene rings is 1. The molecule has 1 aliphatic rings. The molecule has 1 saturated heterocycles. The van der Waals surface area contributed by atoms with E-state index < -0.39 is 23.6 Å². The largest absolute Gasteiger partial charge is 0.416 e. The van der Waals surface area contributed by atoms with Crippen LogP contribution in [0.15, 0.2) is 18.2 Å². The Hall–Kier alpha value is -0.850. The zero-order valence-corrected chi connectivity index (χ0v) is 11.5. The summed E-state index contributed by atoms with van der Waals surface area (Å²) in [4.78, 5) is 0. The normalized spacial score (nSPS) is 18.4. The number of hydrogen-bond acceptors (Lipinski definition) is 2. The molecular formula is C13H17ClF4N2. The number of nitrogens with two attached hydrogens (primary N) is 1. The Bertz CT molecular complexity index is 444. The van der Waals surface area contributed by atoms with Crippen LogP contribution in [0.25, 0.3) is 0 Å². The smallest absolute Gasteiger partial charge is 0.324 e. The van der Waals surface area contributed by atoms with Gasteiger partial charge >= 0.3 is 6.18 Å². The summed E-state index contributed by atoms with van der Waals surface area (Å²) in [6.45, 7) is 1.50. The van der Waals surface area contributed by atoms with Crippen molar-refractivity contribution in [1.82, 2.24) is 5.32 Å². The van der Waals surface area contributed by atoms with Crippen molar-refractivity contribution in [3.63, 3.8) is 0 Å². The van der Waals surface area contributed by atoms with E-state index in [1.807, 2.05) is 0 Å². The van der Waals surface area contributed by atoms with Gasteiger partial charge in [0, 0.05) is 6.04 Å². The molecule has 1 atom stereocenters. The van der Waals surface area contributed by atoms with Crippen LogP contribution in [0.2, 0.25) is 0 Å². The van der Waals surface area contributed by atoms with Gasteiger partial charge in [0.2, 0.25) is 0 Å². The van der Waals surface area contributed by atoms with Crippen molar-refractivity contribution in [2.75, 3.05) is 13.1 Å². The maximum absolute atomic E-state index is 13.0. The second-order valence-electron chi connectivity index (χ2n) is 4.84. The third-order valence-electron chi connectivity index (χ3n) is 3.57. The molecule has 2 nitrogen and oxygen atoms in total. The Labute approximate surface area is 121 Å². The number of piperidine rings is 1. The summed E-state index contributed by atoms with van der Waals surface area (Å²) in [7, 11) is 0. The minimum Gasteiger partial charge on any atom is -0.324 e. The summed E-state index contributed by atoms with van der Waals surface area (Å²) < 4.78 is 51.8. The molecule has 3 N–H and O–H groups in total. The van der Waals surface area contributed by atoms with Crippen LogP contribution in [-0.2, 0) is 6.18 Å². The van der Waals surface area contributed by atoms with E-state index in [0.717, 1.165) is 38.1 Å². The van der Waals surface area contributed by atoms with Crippen molar-refractivity contribution in [3.05, 3.63) is 35.1 Å². The van der Waals surface area contributed by atoms with Gasteiger partial charge in [-0.05, 0) is 49.5 Å². The first-order valence-corrected chi connectivity index (χ1v) is 6.22. The van der Waals surface area contributed by atoms with E-state index in [1.165, 1.54) is 0 Å². The summed E-state index contributed by atoms with van der Waals surface area (Å²) in [5.41, 5.74) is 4.99. The number of rotatable bonds is 2. The quantitative estimate of drug-likeness (QED) is 0.823. The van der Waals surface area contributed by atoms with Crippen molar-refractivity contribution in [2.45, 2.75) is 25.1 Å². The number of alkyl halides is 3. The van der Waals surface area contributed by atoms with Crippen LogP contribution in [-0.4, -0.2) is 13.1 Å². The lowest BCUT2D eigenvalue weighted by Gasteiger charge is -2.30. The van der Waals surface area contributed by atoms with E-state index in [4.69, 9.17) is 5.73 Å². The third kappa shape index (κ3) is 3.84. The molecule has 0 unspecified atom stereocenters. The van der Waals surface area contributed by atoms with Crippen molar-refractivity contribution in [1.29, 1.82) is 0 Å². The predicted octanol–water partition coefficient (Wildman–Crippen LogP) is 3.27. The molecule has 1 aromatic carbocycles. The maximum Gasteiger partial charge on any atom is 0.416 e. The second-order valence-corrected chi connectivity index (χ2v) is 4.84. The van der Waals surface area contributed by atoms with Crippen LogP contribution in [0.4, 0.5) is 17.6 Å². The van der Waals surface area contributed by atoms with Crippen LogP contribution in [0.1, 0.15) is 30.0 Å². The summed E-state index contributed by atoms with van der Waals surface area (Å²) in [5, 5.41) is 3.14. The molecule has 20 heavy (non-hydrogen) atoms. The molecule has 0 amide bonds. The van der Waals surface area contributed by atoms with Crippen LogP contribution in [0.3, 0.4) is 0 Å².